The first-order valence-electron chi connectivity index (χ1n) is 5.71. The summed E-state index contributed by atoms with van der Waals surface area (Å²) in [6.07, 6.45) is 0.898. The van der Waals surface area contributed by atoms with Gasteiger partial charge < -0.3 is 5.32 Å². The standard InChI is InChI=1S/C13H13FN2OS/c1-2-7-15-13(17)12-8-11(16-18-12)9-3-5-10(14)6-4-9/h3-6,8H,2,7H2,1H3,(H,15,17). The SMILES string of the molecule is CCCNC(=O)c1cc(-c2ccc(F)cc2)ns1. The third kappa shape index (κ3) is 2.92. The molecule has 1 aromatic heterocycles. The van der Waals surface area contributed by atoms with Gasteiger partial charge in [0.15, 0.2) is 0 Å². The maximum atomic E-state index is 12.8. The number of benzene rings is 1. The summed E-state index contributed by atoms with van der Waals surface area (Å²) in [5.41, 5.74) is 1.50. The lowest BCUT2D eigenvalue weighted by Gasteiger charge is -1.98. The van der Waals surface area contributed by atoms with E-state index in [0.717, 1.165) is 23.5 Å². The molecule has 0 bridgehead atoms. The van der Waals surface area contributed by atoms with Gasteiger partial charge in [0.1, 0.15) is 10.7 Å². The lowest BCUT2D eigenvalue weighted by Crippen LogP contribution is -2.22. The van der Waals surface area contributed by atoms with E-state index in [1.54, 1.807) is 18.2 Å². The summed E-state index contributed by atoms with van der Waals surface area (Å²) >= 11 is 1.15. The minimum atomic E-state index is -0.283. The zero-order chi connectivity index (χ0) is 13.0. The van der Waals surface area contributed by atoms with Crippen molar-refractivity contribution in [1.29, 1.82) is 0 Å². The molecule has 2 aromatic rings. The Labute approximate surface area is 109 Å². The minimum absolute atomic E-state index is 0.109. The Morgan fingerprint density at radius 1 is 1.39 bits per heavy atom. The van der Waals surface area contributed by atoms with E-state index in [-0.39, 0.29) is 11.7 Å². The van der Waals surface area contributed by atoms with Crippen LogP contribution in [0.1, 0.15) is 23.0 Å². The number of nitrogens with zero attached hydrogens (tertiary/aromatic N) is 1. The predicted octanol–water partition coefficient (Wildman–Crippen LogP) is 3.09. The van der Waals surface area contributed by atoms with Crippen molar-refractivity contribution >= 4 is 17.4 Å². The molecule has 0 fully saturated rings. The molecule has 0 aliphatic carbocycles. The highest BCUT2D eigenvalue weighted by molar-refractivity contribution is 7.08. The van der Waals surface area contributed by atoms with Crippen LogP contribution in [0.3, 0.4) is 0 Å². The molecule has 3 nitrogen and oxygen atoms in total. The molecule has 1 heterocycles. The Morgan fingerprint density at radius 2 is 2.11 bits per heavy atom. The van der Waals surface area contributed by atoms with E-state index in [9.17, 15) is 9.18 Å². The fraction of sp³-hybridized carbons (Fsp3) is 0.231. The maximum absolute atomic E-state index is 12.8. The first-order chi connectivity index (χ1) is 8.70. The van der Waals surface area contributed by atoms with Crippen LogP contribution in [0.4, 0.5) is 4.39 Å². The van der Waals surface area contributed by atoms with Crippen LogP contribution in [0.5, 0.6) is 0 Å². The fourth-order valence-corrected chi connectivity index (χ4v) is 2.14. The number of hydrogen-bond donors (Lipinski definition) is 1. The largest absolute Gasteiger partial charge is 0.351 e. The van der Waals surface area contributed by atoms with Crippen LogP contribution in [-0.2, 0) is 0 Å². The zero-order valence-electron chi connectivity index (χ0n) is 9.94. The summed E-state index contributed by atoms with van der Waals surface area (Å²) in [4.78, 5) is 12.3. The zero-order valence-corrected chi connectivity index (χ0v) is 10.8. The molecule has 0 spiro atoms. The first kappa shape index (κ1) is 12.7. The van der Waals surface area contributed by atoms with E-state index in [1.165, 1.54) is 12.1 Å². The highest BCUT2D eigenvalue weighted by atomic mass is 32.1. The van der Waals surface area contributed by atoms with Crippen LogP contribution in [0.25, 0.3) is 11.3 Å². The summed E-state index contributed by atoms with van der Waals surface area (Å²) in [6, 6.07) is 7.79. The molecule has 0 saturated carbocycles. The quantitative estimate of drug-likeness (QED) is 0.922. The Hall–Kier alpha value is -1.75. The molecule has 0 saturated heterocycles. The van der Waals surface area contributed by atoms with Crippen molar-refractivity contribution in [2.75, 3.05) is 6.54 Å². The van der Waals surface area contributed by atoms with E-state index < -0.39 is 0 Å². The molecule has 1 amide bonds. The summed E-state index contributed by atoms with van der Waals surface area (Å²) in [5, 5.41) is 2.79. The lowest BCUT2D eigenvalue weighted by molar-refractivity contribution is 0.0957. The van der Waals surface area contributed by atoms with E-state index >= 15 is 0 Å². The van der Waals surface area contributed by atoms with Crippen molar-refractivity contribution in [3.63, 3.8) is 0 Å². The number of aromatic nitrogens is 1. The van der Waals surface area contributed by atoms with Crippen LogP contribution in [-0.4, -0.2) is 16.8 Å². The molecule has 0 atom stereocenters. The molecule has 0 unspecified atom stereocenters. The molecule has 94 valence electrons. The highest BCUT2D eigenvalue weighted by Crippen LogP contribution is 2.22. The second-order valence-corrected chi connectivity index (χ2v) is 4.64. The Balaban J connectivity index is 2.15. The second kappa shape index (κ2) is 5.73. The van der Waals surface area contributed by atoms with E-state index in [0.29, 0.717) is 17.1 Å². The van der Waals surface area contributed by atoms with E-state index in [2.05, 4.69) is 9.69 Å². The van der Waals surface area contributed by atoms with Gasteiger partial charge in [0.25, 0.3) is 5.91 Å². The molecule has 0 radical (unpaired) electrons. The van der Waals surface area contributed by atoms with Crippen LogP contribution >= 0.6 is 11.5 Å². The molecular formula is C13H13FN2OS. The van der Waals surface area contributed by atoms with Crippen LogP contribution < -0.4 is 5.32 Å². The van der Waals surface area contributed by atoms with Crippen molar-refractivity contribution in [1.82, 2.24) is 9.69 Å². The molecule has 1 aromatic carbocycles. The lowest BCUT2D eigenvalue weighted by atomic mass is 10.1. The van der Waals surface area contributed by atoms with E-state index in [4.69, 9.17) is 0 Å². The molecule has 2 rings (SSSR count). The van der Waals surface area contributed by atoms with Crippen molar-refractivity contribution in [3.05, 3.63) is 41.0 Å². The monoisotopic (exact) mass is 264 g/mol. The van der Waals surface area contributed by atoms with Gasteiger partial charge in [-0.1, -0.05) is 6.92 Å². The molecule has 1 N–H and O–H groups in total. The van der Waals surface area contributed by atoms with Gasteiger partial charge in [-0.3, -0.25) is 4.79 Å². The van der Waals surface area contributed by atoms with Crippen molar-refractivity contribution in [3.8, 4) is 11.3 Å². The van der Waals surface area contributed by atoms with Gasteiger partial charge in [-0.2, -0.15) is 4.37 Å². The predicted molar refractivity (Wildman–Crippen MR) is 70.1 cm³/mol. The third-order valence-electron chi connectivity index (χ3n) is 2.41. The van der Waals surface area contributed by atoms with Crippen LogP contribution in [0, 0.1) is 5.82 Å². The number of hydrogen-bond acceptors (Lipinski definition) is 3. The molecule has 0 aliphatic rings. The Morgan fingerprint density at radius 3 is 2.78 bits per heavy atom. The Kier molecular flexibility index (Phi) is 4.04. The summed E-state index contributed by atoms with van der Waals surface area (Å²) in [5.74, 6) is -0.391. The summed E-state index contributed by atoms with van der Waals surface area (Å²) < 4.78 is 17.0. The highest BCUT2D eigenvalue weighted by Gasteiger charge is 2.10. The van der Waals surface area contributed by atoms with Crippen molar-refractivity contribution < 1.29 is 9.18 Å². The number of carbonyl (C=O) groups is 1. The average molecular weight is 264 g/mol. The number of amides is 1. The first-order valence-corrected chi connectivity index (χ1v) is 6.49. The third-order valence-corrected chi connectivity index (χ3v) is 3.20. The number of rotatable bonds is 4. The van der Waals surface area contributed by atoms with Crippen LogP contribution in [0.15, 0.2) is 30.3 Å². The van der Waals surface area contributed by atoms with Crippen molar-refractivity contribution in [2.45, 2.75) is 13.3 Å². The maximum Gasteiger partial charge on any atom is 0.263 e. The van der Waals surface area contributed by atoms with Crippen LogP contribution in [0.2, 0.25) is 0 Å². The second-order valence-electron chi connectivity index (χ2n) is 3.84. The minimum Gasteiger partial charge on any atom is -0.351 e. The Bertz CT molecular complexity index is 536. The topological polar surface area (TPSA) is 42.0 Å². The van der Waals surface area contributed by atoms with Gasteiger partial charge in [-0.15, -0.1) is 0 Å². The molecule has 18 heavy (non-hydrogen) atoms. The average Bonchev–Trinajstić information content (AvgIpc) is 2.86. The molecule has 0 aliphatic heterocycles. The normalized spacial score (nSPS) is 10.3. The molecular weight excluding hydrogens is 251 g/mol. The van der Waals surface area contributed by atoms with Gasteiger partial charge in [-0.25, -0.2) is 4.39 Å². The fourth-order valence-electron chi connectivity index (χ4n) is 1.46. The van der Waals surface area contributed by atoms with Crippen molar-refractivity contribution in [2.24, 2.45) is 0 Å². The van der Waals surface area contributed by atoms with E-state index in [1.807, 2.05) is 6.92 Å². The number of halogens is 1. The number of carbonyl (C=O) groups excluding carboxylic acids is 1. The van der Waals surface area contributed by atoms with Gasteiger partial charge in [-0.05, 0) is 48.3 Å². The molecule has 5 heteroatoms. The van der Waals surface area contributed by atoms with Gasteiger partial charge in [0.2, 0.25) is 0 Å². The van der Waals surface area contributed by atoms with Gasteiger partial charge >= 0.3 is 0 Å². The summed E-state index contributed by atoms with van der Waals surface area (Å²) in [6.45, 7) is 2.65. The van der Waals surface area contributed by atoms with Gasteiger partial charge in [0.05, 0.1) is 5.69 Å². The number of nitrogens with one attached hydrogen (secondary N) is 1. The van der Waals surface area contributed by atoms with Gasteiger partial charge in [0, 0.05) is 12.1 Å². The smallest absolute Gasteiger partial charge is 0.263 e. The summed E-state index contributed by atoms with van der Waals surface area (Å²) in [7, 11) is 0.